The highest BCUT2D eigenvalue weighted by Crippen LogP contribution is 2.29. The molecule has 0 aliphatic rings. The lowest BCUT2D eigenvalue weighted by molar-refractivity contribution is 0.162. The normalized spacial score (nSPS) is 14.1. The lowest BCUT2D eigenvalue weighted by atomic mass is 9.95. The zero-order valence-electron chi connectivity index (χ0n) is 10.8. The third-order valence-electron chi connectivity index (χ3n) is 2.80. The van der Waals surface area contributed by atoms with E-state index in [1.165, 1.54) is 5.56 Å². The molecule has 0 spiro atoms. The van der Waals surface area contributed by atoms with Crippen LogP contribution in [0.1, 0.15) is 43.9 Å². The second-order valence-corrected chi connectivity index (χ2v) is 4.42. The Kier molecular flexibility index (Phi) is 6.53. The van der Waals surface area contributed by atoms with E-state index in [9.17, 15) is 5.11 Å². The summed E-state index contributed by atoms with van der Waals surface area (Å²) in [4.78, 5) is 0. The van der Waals surface area contributed by atoms with Crippen molar-refractivity contribution in [3.8, 4) is 5.75 Å². The molecular formula is C13H22ClNO2. The van der Waals surface area contributed by atoms with Crippen LogP contribution in [0.2, 0.25) is 0 Å². The van der Waals surface area contributed by atoms with E-state index in [0.717, 1.165) is 11.3 Å². The van der Waals surface area contributed by atoms with Gasteiger partial charge in [-0.1, -0.05) is 26.0 Å². The number of halogens is 1. The first-order chi connectivity index (χ1) is 7.47. The zero-order chi connectivity index (χ0) is 12.3. The molecule has 3 nitrogen and oxygen atoms in total. The molecule has 0 saturated carbocycles. The standard InChI is InChI=1S/C13H21NO2.ClH/c1-8(2)10-5-6-12(16-4)11(7-10)13(14)9(3)15;/h5-9,13,15H,14H2,1-4H3;1H/t9-,13-;/m1./s1. The summed E-state index contributed by atoms with van der Waals surface area (Å²) in [5.74, 6) is 1.17. The molecule has 0 saturated heterocycles. The van der Waals surface area contributed by atoms with Gasteiger partial charge >= 0.3 is 0 Å². The highest BCUT2D eigenvalue weighted by Gasteiger charge is 2.17. The molecule has 0 heterocycles. The molecule has 0 amide bonds. The molecule has 1 aromatic rings. The van der Waals surface area contributed by atoms with Crippen molar-refractivity contribution < 1.29 is 9.84 Å². The second kappa shape index (κ2) is 6.84. The number of hydrogen-bond donors (Lipinski definition) is 2. The highest BCUT2D eigenvalue weighted by molar-refractivity contribution is 5.85. The van der Waals surface area contributed by atoms with Crippen LogP contribution in [0.4, 0.5) is 0 Å². The van der Waals surface area contributed by atoms with Gasteiger partial charge in [0.05, 0.1) is 19.3 Å². The molecule has 17 heavy (non-hydrogen) atoms. The van der Waals surface area contributed by atoms with E-state index in [-0.39, 0.29) is 12.4 Å². The van der Waals surface area contributed by atoms with Gasteiger partial charge in [-0.05, 0) is 24.5 Å². The molecule has 0 aliphatic heterocycles. The van der Waals surface area contributed by atoms with E-state index in [4.69, 9.17) is 10.5 Å². The maximum absolute atomic E-state index is 9.54. The van der Waals surface area contributed by atoms with E-state index in [2.05, 4.69) is 13.8 Å². The molecule has 1 aromatic carbocycles. The molecule has 0 aromatic heterocycles. The molecular weight excluding hydrogens is 238 g/mol. The zero-order valence-corrected chi connectivity index (χ0v) is 11.6. The lowest BCUT2D eigenvalue weighted by Gasteiger charge is -2.20. The van der Waals surface area contributed by atoms with Crippen molar-refractivity contribution in [2.24, 2.45) is 5.73 Å². The van der Waals surface area contributed by atoms with Crippen molar-refractivity contribution >= 4 is 12.4 Å². The summed E-state index contributed by atoms with van der Waals surface area (Å²) in [6.07, 6.45) is -0.587. The van der Waals surface area contributed by atoms with Crippen molar-refractivity contribution in [2.75, 3.05) is 7.11 Å². The van der Waals surface area contributed by atoms with Crippen LogP contribution in [0.3, 0.4) is 0 Å². The first-order valence-corrected chi connectivity index (χ1v) is 5.58. The SMILES string of the molecule is COc1ccc(C(C)C)cc1[C@H](N)[C@@H](C)O.Cl. The number of benzene rings is 1. The van der Waals surface area contributed by atoms with E-state index in [1.54, 1.807) is 14.0 Å². The highest BCUT2D eigenvalue weighted by atomic mass is 35.5. The summed E-state index contributed by atoms with van der Waals surface area (Å²) < 4.78 is 5.26. The maximum atomic E-state index is 9.54. The van der Waals surface area contributed by atoms with Gasteiger partial charge < -0.3 is 15.6 Å². The number of hydrogen-bond acceptors (Lipinski definition) is 3. The molecule has 98 valence electrons. The van der Waals surface area contributed by atoms with Gasteiger partial charge in [-0.15, -0.1) is 12.4 Å². The summed E-state index contributed by atoms with van der Waals surface area (Å²) in [7, 11) is 1.61. The van der Waals surface area contributed by atoms with Crippen molar-refractivity contribution in [1.82, 2.24) is 0 Å². The van der Waals surface area contributed by atoms with Crippen molar-refractivity contribution in [2.45, 2.75) is 38.8 Å². The van der Waals surface area contributed by atoms with E-state index in [0.29, 0.717) is 5.92 Å². The molecule has 3 N–H and O–H groups in total. The number of methoxy groups -OCH3 is 1. The van der Waals surface area contributed by atoms with Crippen LogP contribution in [0.15, 0.2) is 18.2 Å². The fourth-order valence-electron chi connectivity index (χ4n) is 1.63. The summed E-state index contributed by atoms with van der Waals surface area (Å²) in [5, 5.41) is 9.54. The molecule has 0 aliphatic carbocycles. The minimum absolute atomic E-state index is 0. The van der Waals surface area contributed by atoms with Crippen molar-refractivity contribution in [3.63, 3.8) is 0 Å². The van der Waals surface area contributed by atoms with Crippen LogP contribution in [0.25, 0.3) is 0 Å². The van der Waals surface area contributed by atoms with Gasteiger partial charge in [-0.25, -0.2) is 0 Å². The Morgan fingerprint density at radius 3 is 2.24 bits per heavy atom. The minimum Gasteiger partial charge on any atom is -0.496 e. The van der Waals surface area contributed by atoms with Gasteiger partial charge in [0.2, 0.25) is 0 Å². The van der Waals surface area contributed by atoms with Crippen LogP contribution >= 0.6 is 12.4 Å². The van der Waals surface area contributed by atoms with E-state index < -0.39 is 12.1 Å². The number of aliphatic hydroxyl groups excluding tert-OH is 1. The molecule has 0 fully saturated rings. The quantitative estimate of drug-likeness (QED) is 0.874. The van der Waals surface area contributed by atoms with Crippen LogP contribution < -0.4 is 10.5 Å². The van der Waals surface area contributed by atoms with Gasteiger partial charge in [-0.3, -0.25) is 0 Å². The molecule has 0 unspecified atom stereocenters. The molecule has 0 radical (unpaired) electrons. The van der Waals surface area contributed by atoms with Gasteiger partial charge in [0.1, 0.15) is 5.75 Å². The van der Waals surface area contributed by atoms with Gasteiger partial charge in [-0.2, -0.15) is 0 Å². The fourth-order valence-corrected chi connectivity index (χ4v) is 1.63. The summed E-state index contributed by atoms with van der Waals surface area (Å²) >= 11 is 0. The van der Waals surface area contributed by atoms with Crippen LogP contribution in [0, 0.1) is 0 Å². The Bertz CT molecular complexity index is 353. The van der Waals surface area contributed by atoms with Crippen LogP contribution in [-0.4, -0.2) is 18.3 Å². The van der Waals surface area contributed by atoms with Crippen LogP contribution in [0.5, 0.6) is 5.75 Å². The third-order valence-corrected chi connectivity index (χ3v) is 2.80. The minimum atomic E-state index is -0.587. The van der Waals surface area contributed by atoms with Crippen molar-refractivity contribution in [3.05, 3.63) is 29.3 Å². The Morgan fingerprint density at radius 1 is 1.24 bits per heavy atom. The van der Waals surface area contributed by atoms with Gasteiger partial charge in [0, 0.05) is 5.56 Å². The third kappa shape index (κ3) is 3.87. The Labute approximate surface area is 109 Å². The molecule has 4 heteroatoms. The Balaban J connectivity index is 0.00000256. The first-order valence-electron chi connectivity index (χ1n) is 5.58. The smallest absolute Gasteiger partial charge is 0.123 e. The average molecular weight is 260 g/mol. The maximum Gasteiger partial charge on any atom is 0.123 e. The molecule has 2 atom stereocenters. The largest absolute Gasteiger partial charge is 0.496 e. The predicted octanol–water partition coefficient (Wildman–Crippen LogP) is 2.62. The predicted molar refractivity (Wildman–Crippen MR) is 72.9 cm³/mol. The average Bonchev–Trinajstić information content (AvgIpc) is 2.26. The number of nitrogens with two attached hydrogens (primary N) is 1. The van der Waals surface area contributed by atoms with Gasteiger partial charge in [0.15, 0.2) is 0 Å². The van der Waals surface area contributed by atoms with Crippen LogP contribution in [-0.2, 0) is 0 Å². The van der Waals surface area contributed by atoms with E-state index >= 15 is 0 Å². The topological polar surface area (TPSA) is 55.5 Å². The number of rotatable bonds is 4. The summed E-state index contributed by atoms with van der Waals surface area (Å²) in [6, 6.07) is 5.55. The Hall–Kier alpha value is -0.770. The monoisotopic (exact) mass is 259 g/mol. The number of aliphatic hydroxyl groups is 1. The second-order valence-electron chi connectivity index (χ2n) is 4.42. The summed E-state index contributed by atoms with van der Waals surface area (Å²) in [5.41, 5.74) is 8.02. The fraction of sp³-hybridized carbons (Fsp3) is 0.538. The van der Waals surface area contributed by atoms with E-state index in [1.807, 2.05) is 18.2 Å². The summed E-state index contributed by atoms with van der Waals surface area (Å²) in [6.45, 7) is 5.94. The first kappa shape index (κ1) is 16.2. The molecule has 0 bridgehead atoms. The molecule has 1 rings (SSSR count). The van der Waals surface area contributed by atoms with Gasteiger partial charge in [0.25, 0.3) is 0 Å². The lowest BCUT2D eigenvalue weighted by Crippen LogP contribution is -2.24. The van der Waals surface area contributed by atoms with Crippen molar-refractivity contribution in [1.29, 1.82) is 0 Å². The number of ether oxygens (including phenoxy) is 1. The Morgan fingerprint density at radius 2 is 1.82 bits per heavy atom.